The molecule has 2 fully saturated rings. The number of aryl methyl sites for hydroxylation is 1. The molecule has 1 N–H and O–H groups in total. The van der Waals surface area contributed by atoms with Crippen LogP contribution in [0.25, 0.3) is 0 Å². The first-order valence-corrected chi connectivity index (χ1v) is 9.21. The first kappa shape index (κ1) is 17.9. The van der Waals surface area contributed by atoms with E-state index in [1.165, 1.54) is 12.1 Å². The Hall–Kier alpha value is -2.48. The summed E-state index contributed by atoms with van der Waals surface area (Å²) in [5.41, 5.74) is 0.763. The van der Waals surface area contributed by atoms with Crippen molar-refractivity contribution in [3.05, 3.63) is 47.4 Å². The van der Waals surface area contributed by atoms with Crippen LogP contribution < -0.4 is 5.32 Å². The zero-order valence-electron chi connectivity index (χ0n) is 15.3. The second-order valence-corrected chi connectivity index (χ2v) is 7.37. The van der Waals surface area contributed by atoms with Gasteiger partial charge in [0.1, 0.15) is 5.82 Å². The quantitative estimate of drug-likeness (QED) is 0.893. The SMILES string of the molecule is Cc1noc([C@@H]2CN(C(=O)NCc3ccc(F)cc3)CC23CCOCC3)n1. The maximum Gasteiger partial charge on any atom is 0.317 e. The number of aromatic nitrogens is 2. The Morgan fingerprint density at radius 1 is 1.33 bits per heavy atom. The van der Waals surface area contributed by atoms with Crippen molar-refractivity contribution in [3.63, 3.8) is 0 Å². The Morgan fingerprint density at radius 2 is 2.07 bits per heavy atom. The van der Waals surface area contributed by atoms with Crippen LogP contribution in [0.2, 0.25) is 0 Å². The van der Waals surface area contributed by atoms with Crippen LogP contribution in [0.1, 0.15) is 36.0 Å². The molecule has 27 heavy (non-hydrogen) atoms. The number of urea groups is 1. The largest absolute Gasteiger partial charge is 0.381 e. The average Bonchev–Trinajstić information content (AvgIpc) is 3.25. The van der Waals surface area contributed by atoms with Crippen LogP contribution in [0, 0.1) is 18.2 Å². The molecule has 144 valence electrons. The lowest BCUT2D eigenvalue weighted by atomic mass is 9.72. The van der Waals surface area contributed by atoms with Crippen molar-refractivity contribution in [2.24, 2.45) is 5.41 Å². The number of amides is 2. The monoisotopic (exact) mass is 374 g/mol. The molecule has 0 saturated carbocycles. The van der Waals surface area contributed by atoms with Gasteiger partial charge in [-0.2, -0.15) is 4.98 Å². The molecule has 0 aliphatic carbocycles. The zero-order valence-corrected chi connectivity index (χ0v) is 15.3. The normalized spacial score (nSPS) is 21.6. The third kappa shape index (κ3) is 3.66. The van der Waals surface area contributed by atoms with Gasteiger partial charge in [-0.05, 0) is 37.5 Å². The van der Waals surface area contributed by atoms with Crippen LogP contribution in [0.3, 0.4) is 0 Å². The van der Waals surface area contributed by atoms with E-state index in [2.05, 4.69) is 15.5 Å². The topological polar surface area (TPSA) is 80.5 Å². The van der Waals surface area contributed by atoms with E-state index in [4.69, 9.17) is 9.26 Å². The predicted molar refractivity (Wildman–Crippen MR) is 94.5 cm³/mol. The second kappa shape index (κ2) is 7.26. The van der Waals surface area contributed by atoms with Crippen LogP contribution in [-0.2, 0) is 11.3 Å². The summed E-state index contributed by atoms with van der Waals surface area (Å²) in [6, 6.07) is 5.99. The van der Waals surface area contributed by atoms with Gasteiger partial charge in [-0.1, -0.05) is 17.3 Å². The van der Waals surface area contributed by atoms with Gasteiger partial charge < -0.3 is 19.5 Å². The minimum absolute atomic E-state index is 0.0131. The van der Waals surface area contributed by atoms with Crippen molar-refractivity contribution >= 4 is 6.03 Å². The van der Waals surface area contributed by atoms with Crippen LogP contribution in [0.5, 0.6) is 0 Å². The summed E-state index contributed by atoms with van der Waals surface area (Å²) in [4.78, 5) is 19.0. The van der Waals surface area contributed by atoms with Gasteiger partial charge in [0.2, 0.25) is 5.89 Å². The number of hydrogen-bond acceptors (Lipinski definition) is 5. The number of ether oxygens (including phenoxy) is 1. The lowest BCUT2D eigenvalue weighted by Crippen LogP contribution is -2.41. The maximum absolute atomic E-state index is 13.0. The Labute approximate surface area is 156 Å². The van der Waals surface area contributed by atoms with E-state index in [1.54, 1.807) is 19.1 Å². The van der Waals surface area contributed by atoms with Crippen LogP contribution in [-0.4, -0.2) is 47.4 Å². The van der Waals surface area contributed by atoms with Crippen molar-refractivity contribution in [1.82, 2.24) is 20.4 Å². The average molecular weight is 374 g/mol. The van der Waals surface area contributed by atoms with Crippen molar-refractivity contribution in [2.75, 3.05) is 26.3 Å². The van der Waals surface area contributed by atoms with E-state index in [0.29, 0.717) is 44.6 Å². The highest BCUT2D eigenvalue weighted by Gasteiger charge is 2.51. The standard InChI is InChI=1S/C19H23FN4O3/c1-13-22-17(27-23-13)16-11-24(12-19(16)6-8-26-9-7-19)18(25)21-10-14-2-4-15(20)5-3-14/h2-5,16H,6-12H2,1H3,(H,21,25)/t16-/m0/s1. The maximum atomic E-state index is 13.0. The van der Waals surface area contributed by atoms with Crippen molar-refractivity contribution in [1.29, 1.82) is 0 Å². The Balaban J connectivity index is 1.46. The molecular weight excluding hydrogens is 351 g/mol. The Kier molecular flexibility index (Phi) is 4.82. The molecular formula is C19H23FN4O3. The lowest BCUT2D eigenvalue weighted by Gasteiger charge is -2.36. The third-order valence-corrected chi connectivity index (χ3v) is 5.62. The van der Waals surface area contributed by atoms with E-state index < -0.39 is 0 Å². The molecule has 4 rings (SSSR count). The molecule has 8 heteroatoms. The number of rotatable bonds is 3. The number of carbonyl (C=O) groups excluding carboxylic acids is 1. The molecule has 2 aliphatic rings. The summed E-state index contributed by atoms with van der Waals surface area (Å²) in [6.45, 7) is 4.68. The number of nitrogens with zero attached hydrogens (tertiary/aromatic N) is 3. The first-order chi connectivity index (χ1) is 13.1. The highest BCUT2D eigenvalue weighted by molar-refractivity contribution is 5.74. The molecule has 1 atom stereocenters. The summed E-state index contributed by atoms with van der Waals surface area (Å²) in [7, 11) is 0. The second-order valence-electron chi connectivity index (χ2n) is 7.37. The van der Waals surface area contributed by atoms with Gasteiger partial charge in [-0.15, -0.1) is 0 Å². The first-order valence-electron chi connectivity index (χ1n) is 9.21. The molecule has 0 radical (unpaired) electrons. The van der Waals surface area contributed by atoms with E-state index >= 15 is 0 Å². The van der Waals surface area contributed by atoms with Gasteiger partial charge in [0, 0.05) is 38.3 Å². The van der Waals surface area contributed by atoms with Crippen molar-refractivity contribution < 1.29 is 18.4 Å². The molecule has 2 amide bonds. The predicted octanol–water partition coefficient (Wildman–Crippen LogP) is 2.62. The van der Waals surface area contributed by atoms with Gasteiger partial charge >= 0.3 is 6.03 Å². The van der Waals surface area contributed by atoms with E-state index in [-0.39, 0.29) is 23.2 Å². The number of hydrogen-bond donors (Lipinski definition) is 1. The third-order valence-electron chi connectivity index (χ3n) is 5.62. The smallest absolute Gasteiger partial charge is 0.317 e. The Bertz CT molecular complexity index is 802. The highest BCUT2D eigenvalue weighted by atomic mass is 19.1. The van der Waals surface area contributed by atoms with Gasteiger partial charge in [-0.25, -0.2) is 9.18 Å². The minimum atomic E-state index is -0.288. The molecule has 7 nitrogen and oxygen atoms in total. The summed E-state index contributed by atoms with van der Waals surface area (Å²) >= 11 is 0. The van der Waals surface area contributed by atoms with E-state index in [1.807, 2.05) is 4.90 Å². The summed E-state index contributed by atoms with van der Waals surface area (Å²) < 4.78 is 24.0. The van der Waals surface area contributed by atoms with Crippen LogP contribution >= 0.6 is 0 Å². The fourth-order valence-electron chi connectivity index (χ4n) is 4.09. The summed E-state index contributed by atoms with van der Waals surface area (Å²) in [5, 5.41) is 6.85. The van der Waals surface area contributed by atoms with E-state index in [0.717, 1.165) is 18.4 Å². The number of nitrogens with one attached hydrogen (secondary N) is 1. The van der Waals surface area contributed by atoms with E-state index in [9.17, 15) is 9.18 Å². The molecule has 1 spiro atoms. The van der Waals surface area contributed by atoms with Crippen LogP contribution in [0.15, 0.2) is 28.8 Å². The molecule has 2 saturated heterocycles. The molecule has 2 aromatic rings. The van der Waals surface area contributed by atoms with Crippen LogP contribution in [0.4, 0.5) is 9.18 Å². The number of halogens is 1. The molecule has 0 unspecified atom stereocenters. The van der Waals surface area contributed by atoms with Gasteiger partial charge in [0.25, 0.3) is 0 Å². The molecule has 2 aliphatic heterocycles. The highest BCUT2D eigenvalue weighted by Crippen LogP contribution is 2.49. The lowest BCUT2D eigenvalue weighted by molar-refractivity contribution is 0.00942. The number of benzene rings is 1. The molecule has 1 aromatic carbocycles. The molecule has 3 heterocycles. The fraction of sp³-hybridized carbons (Fsp3) is 0.526. The Morgan fingerprint density at radius 3 is 2.74 bits per heavy atom. The number of carbonyl (C=O) groups is 1. The fourth-order valence-corrected chi connectivity index (χ4v) is 4.09. The molecule has 0 bridgehead atoms. The minimum Gasteiger partial charge on any atom is -0.381 e. The van der Waals surface area contributed by atoms with Gasteiger partial charge in [-0.3, -0.25) is 0 Å². The van der Waals surface area contributed by atoms with Crippen molar-refractivity contribution in [2.45, 2.75) is 32.2 Å². The number of likely N-dealkylation sites (tertiary alicyclic amines) is 1. The van der Waals surface area contributed by atoms with Crippen molar-refractivity contribution in [3.8, 4) is 0 Å². The summed E-state index contributed by atoms with van der Waals surface area (Å²) in [5.74, 6) is 0.928. The molecule has 1 aromatic heterocycles. The van der Waals surface area contributed by atoms with Gasteiger partial charge in [0.05, 0.1) is 5.92 Å². The summed E-state index contributed by atoms with van der Waals surface area (Å²) in [6.07, 6.45) is 1.72. The van der Waals surface area contributed by atoms with Gasteiger partial charge in [0.15, 0.2) is 5.82 Å². The zero-order chi connectivity index (χ0) is 18.9.